The van der Waals surface area contributed by atoms with Crippen molar-refractivity contribution in [1.82, 2.24) is 4.90 Å². The van der Waals surface area contributed by atoms with Crippen molar-refractivity contribution in [2.24, 2.45) is 0 Å². The molecule has 0 spiro atoms. The van der Waals surface area contributed by atoms with Gasteiger partial charge >= 0.3 is 0 Å². The van der Waals surface area contributed by atoms with Crippen LogP contribution in [-0.2, 0) is 16.1 Å². The van der Waals surface area contributed by atoms with E-state index in [1.54, 1.807) is 24.3 Å². The number of imide groups is 1. The van der Waals surface area contributed by atoms with Gasteiger partial charge in [-0.1, -0.05) is 83.9 Å². The molecule has 4 nitrogen and oxygen atoms in total. The molecule has 0 atom stereocenters. The first-order valence-corrected chi connectivity index (χ1v) is 10.6. The summed E-state index contributed by atoms with van der Waals surface area (Å²) < 4.78 is 0. The Labute approximate surface area is 187 Å². The van der Waals surface area contributed by atoms with Gasteiger partial charge in [-0.3, -0.25) is 9.59 Å². The first kappa shape index (κ1) is 20.9. The summed E-state index contributed by atoms with van der Waals surface area (Å²) in [6.07, 6.45) is 0. The Morgan fingerprint density at radius 1 is 0.839 bits per heavy atom. The van der Waals surface area contributed by atoms with E-state index in [2.05, 4.69) is 0 Å². The molecule has 3 aromatic rings. The quantitative estimate of drug-likeness (QED) is 0.488. The van der Waals surface area contributed by atoms with Gasteiger partial charge in [0.25, 0.3) is 11.8 Å². The highest BCUT2D eigenvalue weighted by atomic mass is 35.5. The maximum atomic E-state index is 13.7. The maximum absolute atomic E-state index is 13.7. The highest BCUT2D eigenvalue weighted by Gasteiger charge is 2.42. The van der Waals surface area contributed by atoms with E-state index in [-0.39, 0.29) is 11.8 Å². The van der Waals surface area contributed by atoms with Crippen LogP contribution in [0, 0.1) is 6.92 Å². The molecule has 3 aromatic carbocycles. The summed E-state index contributed by atoms with van der Waals surface area (Å²) in [4.78, 5) is 30.4. The molecule has 0 saturated heterocycles. The van der Waals surface area contributed by atoms with Gasteiger partial charge in [-0.25, -0.2) is 4.90 Å². The topological polar surface area (TPSA) is 40.6 Å². The fourth-order valence-corrected chi connectivity index (χ4v) is 4.02. The molecule has 4 rings (SSSR count). The fraction of sp³-hybridized carbons (Fsp3) is 0.154. The molecular weight excluding hydrogens is 408 g/mol. The highest BCUT2D eigenvalue weighted by Crippen LogP contribution is 2.37. The number of likely N-dealkylation sites (N-methyl/N-ethyl adjacent to an activating group) is 1. The summed E-state index contributed by atoms with van der Waals surface area (Å²) in [6.45, 7) is 5.08. The largest absolute Gasteiger partial charge is 0.362 e. The molecule has 2 amide bonds. The first-order chi connectivity index (χ1) is 15.0. The van der Waals surface area contributed by atoms with Crippen LogP contribution in [0.1, 0.15) is 23.6 Å². The molecule has 1 aliphatic heterocycles. The van der Waals surface area contributed by atoms with Gasteiger partial charge in [0, 0.05) is 13.1 Å². The molecule has 1 heterocycles. The summed E-state index contributed by atoms with van der Waals surface area (Å²) >= 11 is 6.36. The Balaban J connectivity index is 1.85. The number of hydrogen-bond acceptors (Lipinski definition) is 3. The lowest BCUT2D eigenvalue weighted by atomic mass is 10.0. The highest BCUT2D eigenvalue weighted by molar-refractivity contribution is 6.47. The lowest BCUT2D eigenvalue weighted by molar-refractivity contribution is -0.120. The molecule has 0 N–H and O–H groups in total. The zero-order valence-corrected chi connectivity index (χ0v) is 18.3. The van der Waals surface area contributed by atoms with E-state index in [0.29, 0.717) is 35.1 Å². The lowest BCUT2D eigenvalue weighted by Crippen LogP contribution is -2.35. The standard InChI is InChI=1S/C26H23ClN2O2/c1-3-28(17-19-9-5-4-6-10-19)24-23(20-15-13-18(2)14-16-20)25(30)29(26(24)31)22-12-8-7-11-21(22)27/h4-16H,3,17H2,1-2H3. The van der Waals surface area contributed by atoms with Crippen molar-refractivity contribution < 1.29 is 9.59 Å². The number of anilines is 1. The van der Waals surface area contributed by atoms with Crippen LogP contribution in [0.4, 0.5) is 5.69 Å². The Hall–Kier alpha value is -3.37. The van der Waals surface area contributed by atoms with Gasteiger partial charge in [0.2, 0.25) is 0 Å². The summed E-state index contributed by atoms with van der Waals surface area (Å²) in [6, 6.07) is 24.5. The van der Waals surface area contributed by atoms with Gasteiger partial charge in [-0.15, -0.1) is 0 Å². The van der Waals surface area contributed by atoms with E-state index in [9.17, 15) is 9.59 Å². The molecule has 0 aliphatic carbocycles. The summed E-state index contributed by atoms with van der Waals surface area (Å²) in [7, 11) is 0. The molecule has 1 aliphatic rings. The number of aryl methyl sites for hydroxylation is 1. The minimum Gasteiger partial charge on any atom is -0.362 e. The van der Waals surface area contributed by atoms with Crippen molar-refractivity contribution in [2.75, 3.05) is 11.4 Å². The maximum Gasteiger partial charge on any atom is 0.282 e. The number of carbonyl (C=O) groups excluding carboxylic acids is 2. The SMILES string of the molecule is CCN(Cc1ccccc1)C1=C(c2ccc(C)cc2)C(=O)N(c2ccccc2Cl)C1=O. The summed E-state index contributed by atoms with van der Waals surface area (Å²) in [5.74, 6) is -0.713. The number of para-hydroxylation sites is 1. The van der Waals surface area contributed by atoms with Crippen molar-refractivity contribution in [2.45, 2.75) is 20.4 Å². The molecule has 5 heteroatoms. The van der Waals surface area contributed by atoms with Crippen LogP contribution in [0.3, 0.4) is 0 Å². The zero-order valence-electron chi connectivity index (χ0n) is 17.5. The minimum absolute atomic E-state index is 0.355. The zero-order chi connectivity index (χ0) is 22.0. The van der Waals surface area contributed by atoms with Crippen LogP contribution in [-0.4, -0.2) is 23.3 Å². The normalized spacial score (nSPS) is 13.8. The molecule has 0 unspecified atom stereocenters. The Morgan fingerprint density at radius 3 is 2.13 bits per heavy atom. The van der Waals surface area contributed by atoms with E-state index in [1.807, 2.05) is 73.3 Å². The van der Waals surface area contributed by atoms with Gasteiger partial charge in [0.1, 0.15) is 5.70 Å². The molecule has 0 radical (unpaired) electrons. The molecule has 0 bridgehead atoms. The molecule has 156 valence electrons. The van der Waals surface area contributed by atoms with E-state index in [1.165, 1.54) is 4.90 Å². The monoisotopic (exact) mass is 430 g/mol. The van der Waals surface area contributed by atoms with Crippen LogP contribution in [0.2, 0.25) is 5.02 Å². The average molecular weight is 431 g/mol. The Bertz CT molecular complexity index is 1150. The third-order valence-corrected chi connectivity index (χ3v) is 5.73. The summed E-state index contributed by atoms with van der Waals surface area (Å²) in [5, 5.41) is 0.361. The van der Waals surface area contributed by atoms with Crippen molar-refractivity contribution >= 4 is 34.7 Å². The van der Waals surface area contributed by atoms with Gasteiger partial charge < -0.3 is 4.90 Å². The van der Waals surface area contributed by atoms with Gasteiger partial charge in [0.15, 0.2) is 0 Å². The minimum atomic E-state index is -0.358. The van der Waals surface area contributed by atoms with E-state index < -0.39 is 0 Å². The van der Waals surface area contributed by atoms with Crippen LogP contribution < -0.4 is 4.90 Å². The first-order valence-electron chi connectivity index (χ1n) is 10.2. The van der Waals surface area contributed by atoms with Crippen LogP contribution >= 0.6 is 11.6 Å². The van der Waals surface area contributed by atoms with E-state index in [0.717, 1.165) is 16.7 Å². The van der Waals surface area contributed by atoms with Crippen LogP contribution in [0.25, 0.3) is 5.57 Å². The number of carbonyl (C=O) groups is 2. The van der Waals surface area contributed by atoms with Crippen LogP contribution in [0.15, 0.2) is 84.6 Å². The van der Waals surface area contributed by atoms with E-state index >= 15 is 0 Å². The Morgan fingerprint density at radius 2 is 1.48 bits per heavy atom. The van der Waals surface area contributed by atoms with Gasteiger partial charge in [-0.2, -0.15) is 0 Å². The smallest absolute Gasteiger partial charge is 0.282 e. The Kier molecular flexibility index (Phi) is 5.92. The predicted octanol–water partition coefficient (Wildman–Crippen LogP) is 5.46. The molecule has 0 fully saturated rings. The number of amides is 2. The van der Waals surface area contributed by atoms with Crippen molar-refractivity contribution in [3.63, 3.8) is 0 Å². The van der Waals surface area contributed by atoms with Crippen LogP contribution in [0.5, 0.6) is 0 Å². The van der Waals surface area contributed by atoms with Gasteiger partial charge in [-0.05, 0) is 37.1 Å². The number of halogens is 1. The number of rotatable bonds is 6. The number of nitrogens with zero attached hydrogens (tertiary/aromatic N) is 2. The van der Waals surface area contributed by atoms with Crippen molar-refractivity contribution in [3.05, 3.63) is 106 Å². The van der Waals surface area contributed by atoms with Crippen molar-refractivity contribution in [3.8, 4) is 0 Å². The lowest BCUT2D eigenvalue weighted by Gasteiger charge is -2.25. The molecular formula is C26H23ClN2O2. The second-order valence-corrected chi connectivity index (χ2v) is 7.89. The van der Waals surface area contributed by atoms with Gasteiger partial charge in [0.05, 0.1) is 16.3 Å². The third kappa shape index (κ3) is 3.99. The molecule has 0 saturated carbocycles. The summed E-state index contributed by atoms with van der Waals surface area (Å²) in [5.41, 5.74) is 4.08. The number of hydrogen-bond donors (Lipinski definition) is 0. The van der Waals surface area contributed by atoms with Crippen molar-refractivity contribution in [1.29, 1.82) is 0 Å². The third-order valence-electron chi connectivity index (χ3n) is 5.41. The second kappa shape index (κ2) is 8.78. The molecule has 31 heavy (non-hydrogen) atoms. The van der Waals surface area contributed by atoms with E-state index in [4.69, 9.17) is 11.6 Å². The average Bonchev–Trinajstić information content (AvgIpc) is 3.04. The number of benzene rings is 3. The molecule has 0 aromatic heterocycles. The predicted molar refractivity (Wildman–Crippen MR) is 125 cm³/mol. The second-order valence-electron chi connectivity index (χ2n) is 7.49. The fourth-order valence-electron chi connectivity index (χ4n) is 3.80.